The lowest BCUT2D eigenvalue weighted by Crippen LogP contribution is -2.17. The molecule has 0 aromatic heterocycles. The van der Waals surface area contributed by atoms with Gasteiger partial charge in [0, 0.05) is 12.3 Å². The normalized spacial score (nSPS) is 13.6. The summed E-state index contributed by atoms with van der Waals surface area (Å²) in [5, 5.41) is -3.08. The first-order chi connectivity index (χ1) is 4.77. The molecule has 0 fully saturated rings. The van der Waals surface area contributed by atoms with E-state index < -0.39 is 5.38 Å². The lowest BCUT2D eigenvalue weighted by Gasteiger charge is -2.22. The van der Waals surface area contributed by atoms with E-state index in [1.165, 1.54) is 0 Å². The molecule has 0 aliphatic heterocycles. The zero-order valence-corrected chi connectivity index (χ0v) is 8.15. The molecule has 0 N–H and O–H groups in total. The van der Waals surface area contributed by atoms with Gasteiger partial charge in [0.05, 0.1) is 0 Å². The van der Waals surface area contributed by atoms with Crippen molar-refractivity contribution in [3.63, 3.8) is 0 Å². The smallest absolute Gasteiger partial charge is 0.188 e. The third kappa shape index (κ3) is 6.82. The van der Waals surface area contributed by atoms with Crippen LogP contribution in [0.3, 0.4) is 0 Å². The van der Waals surface area contributed by atoms with E-state index in [2.05, 4.69) is 0 Å². The maximum absolute atomic E-state index is 12.1. The topological polar surface area (TPSA) is 0 Å². The fourth-order valence-electron chi connectivity index (χ4n) is 0.547. The largest absolute Gasteiger partial charge is 0.321 e. The van der Waals surface area contributed by atoms with Gasteiger partial charge >= 0.3 is 5.38 Å². The van der Waals surface area contributed by atoms with Crippen LogP contribution in [0.1, 0.15) is 26.7 Å². The van der Waals surface area contributed by atoms with Crippen LogP contribution in [0.4, 0.5) is 8.78 Å². The SMILES string of the molecule is CC(C)(CCl)CCC(F)(F)Cl. The highest BCUT2D eigenvalue weighted by atomic mass is 35.5. The molecule has 0 spiro atoms. The molecule has 4 heteroatoms. The van der Waals surface area contributed by atoms with Crippen molar-refractivity contribution in [1.29, 1.82) is 0 Å². The molecule has 0 bridgehead atoms. The highest BCUT2D eigenvalue weighted by Gasteiger charge is 2.28. The number of hydrogen-bond acceptors (Lipinski definition) is 0. The summed E-state index contributed by atoms with van der Waals surface area (Å²) in [6, 6.07) is 0. The molecule has 0 saturated heterocycles. The van der Waals surface area contributed by atoms with Crippen LogP contribution in [-0.4, -0.2) is 11.3 Å². The molecule has 0 aromatic rings. The van der Waals surface area contributed by atoms with E-state index in [-0.39, 0.29) is 11.8 Å². The molecule has 0 heterocycles. The number of rotatable bonds is 4. The average Bonchev–Trinajstić information content (AvgIpc) is 1.83. The Hall–Kier alpha value is 0.440. The van der Waals surface area contributed by atoms with E-state index in [1.807, 2.05) is 13.8 Å². The van der Waals surface area contributed by atoms with Crippen LogP contribution >= 0.6 is 23.2 Å². The average molecular weight is 205 g/mol. The van der Waals surface area contributed by atoms with Crippen molar-refractivity contribution in [3.8, 4) is 0 Å². The van der Waals surface area contributed by atoms with Crippen molar-refractivity contribution in [2.45, 2.75) is 32.1 Å². The second-order valence-electron chi connectivity index (χ2n) is 3.41. The van der Waals surface area contributed by atoms with Crippen LogP contribution < -0.4 is 0 Å². The lowest BCUT2D eigenvalue weighted by molar-refractivity contribution is 0.0721. The van der Waals surface area contributed by atoms with Crippen molar-refractivity contribution in [2.24, 2.45) is 5.41 Å². The van der Waals surface area contributed by atoms with E-state index >= 15 is 0 Å². The Balaban J connectivity index is 3.70. The van der Waals surface area contributed by atoms with E-state index in [4.69, 9.17) is 23.2 Å². The summed E-state index contributed by atoms with van der Waals surface area (Å²) in [4.78, 5) is 0. The Morgan fingerprint density at radius 2 is 1.64 bits per heavy atom. The number of halogens is 4. The second-order valence-corrected chi connectivity index (χ2v) is 4.23. The lowest BCUT2D eigenvalue weighted by atomic mass is 9.90. The molecule has 0 aromatic carbocycles. The maximum Gasteiger partial charge on any atom is 0.321 e. The molecular formula is C7H12Cl2F2. The van der Waals surface area contributed by atoms with Crippen LogP contribution in [0.5, 0.6) is 0 Å². The van der Waals surface area contributed by atoms with Gasteiger partial charge in [0.15, 0.2) is 0 Å². The summed E-state index contributed by atoms with van der Waals surface area (Å²) in [5.74, 6) is 0.375. The highest BCUT2D eigenvalue weighted by molar-refractivity contribution is 6.21. The first kappa shape index (κ1) is 11.4. The molecule has 0 saturated carbocycles. The summed E-state index contributed by atoms with van der Waals surface area (Å²) < 4.78 is 24.2. The summed E-state index contributed by atoms with van der Waals surface area (Å²) in [7, 11) is 0. The fourth-order valence-corrected chi connectivity index (χ4v) is 0.775. The minimum Gasteiger partial charge on any atom is -0.188 e. The third-order valence-electron chi connectivity index (χ3n) is 1.45. The Bertz CT molecular complexity index is 118. The number of hydrogen-bond donors (Lipinski definition) is 0. The quantitative estimate of drug-likeness (QED) is 0.611. The van der Waals surface area contributed by atoms with Crippen LogP contribution in [-0.2, 0) is 0 Å². The first-order valence-corrected chi connectivity index (χ1v) is 4.31. The molecule has 0 aliphatic carbocycles. The minimum absolute atomic E-state index is 0.250. The summed E-state index contributed by atoms with van der Waals surface area (Å²) >= 11 is 10.3. The zero-order valence-electron chi connectivity index (χ0n) is 6.63. The molecule has 11 heavy (non-hydrogen) atoms. The standard InChI is InChI=1S/C7H12Cl2F2/c1-6(2,5-8)3-4-7(9,10)11/h3-5H2,1-2H3. The van der Waals surface area contributed by atoms with Gasteiger partial charge in [-0.2, -0.15) is 8.78 Å². The summed E-state index contributed by atoms with van der Waals surface area (Å²) in [6.45, 7) is 3.67. The molecule has 0 rings (SSSR count). The van der Waals surface area contributed by atoms with Gasteiger partial charge in [0.2, 0.25) is 0 Å². The van der Waals surface area contributed by atoms with Crippen molar-refractivity contribution in [2.75, 3.05) is 5.88 Å². The maximum atomic E-state index is 12.1. The molecule has 0 nitrogen and oxygen atoms in total. The van der Waals surface area contributed by atoms with Gasteiger partial charge in [-0.3, -0.25) is 0 Å². The van der Waals surface area contributed by atoms with Crippen molar-refractivity contribution in [3.05, 3.63) is 0 Å². The van der Waals surface area contributed by atoms with Crippen LogP contribution in [0.25, 0.3) is 0 Å². The third-order valence-corrected chi connectivity index (χ3v) is 2.36. The minimum atomic E-state index is -3.08. The molecule has 0 atom stereocenters. The van der Waals surface area contributed by atoms with Gasteiger partial charge in [-0.15, -0.1) is 11.6 Å². The van der Waals surface area contributed by atoms with Crippen molar-refractivity contribution >= 4 is 23.2 Å². The predicted molar refractivity (Wildman–Crippen MR) is 44.5 cm³/mol. The summed E-state index contributed by atoms with van der Waals surface area (Å²) in [6.07, 6.45) is 0.0290. The van der Waals surface area contributed by atoms with Crippen LogP contribution in [0.15, 0.2) is 0 Å². The Kier molecular flexibility index (Phi) is 4.06. The predicted octanol–water partition coefficient (Wildman–Crippen LogP) is 3.86. The molecule has 68 valence electrons. The Morgan fingerprint density at radius 1 is 1.18 bits per heavy atom. The van der Waals surface area contributed by atoms with E-state index in [0.29, 0.717) is 12.3 Å². The number of alkyl halides is 4. The zero-order chi connectivity index (χ0) is 9.12. The Labute approximate surface area is 75.9 Å². The van der Waals surface area contributed by atoms with E-state index in [0.717, 1.165) is 0 Å². The first-order valence-electron chi connectivity index (χ1n) is 3.39. The van der Waals surface area contributed by atoms with Gasteiger partial charge in [0.25, 0.3) is 0 Å². The van der Waals surface area contributed by atoms with E-state index in [1.54, 1.807) is 0 Å². The molecule has 0 aliphatic rings. The second kappa shape index (κ2) is 3.90. The van der Waals surface area contributed by atoms with Crippen LogP contribution in [0, 0.1) is 5.41 Å². The van der Waals surface area contributed by atoms with Crippen molar-refractivity contribution in [1.82, 2.24) is 0 Å². The monoisotopic (exact) mass is 204 g/mol. The fraction of sp³-hybridized carbons (Fsp3) is 1.00. The van der Waals surface area contributed by atoms with Gasteiger partial charge in [0.1, 0.15) is 0 Å². The van der Waals surface area contributed by atoms with Gasteiger partial charge in [-0.25, -0.2) is 0 Å². The Morgan fingerprint density at radius 3 is 1.91 bits per heavy atom. The van der Waals surface area contributed by atoms with Crippen LogP contribution in [0.2, 0.25) is 0 Å². The van der Waals surface area contributed by atoms with Gasteiger partial charge < -0.3 is 0 Å². The van der Waals surface area contributed by atoms with Gasteiger partial charge in [-0.1, -0.05) is 13.8 Å². The molecule has 0 amide bonds. The molecular weight excluding hydrogens is 193 g/mol. The van der Waals surface area contributed by atoms with E-state index in [9.17, 15) is 8.78 Å². The molecule has 0 radical (unpaired) electrons. The van der Waals surface area contributed by atoms with Crippen molar-refractivity contribution < 1.29 is 8.78 Å². The van der Waals surface area contributed by atoms with Gasteiger partial charge in [-0.05, 0) is 23.4 Å². The highest BCUT2D eigenvalue weighted by Crippen LogP contribution is 2.32. The molecule has 0 unspecified atom stereocenters. The summed E-state index contributed by atoms with van der Waals surface area (Å²) in [5.41, 5.74) is -0.250.